The molecule has 40 heavy (non-hydrogen) atoms. The molecule has 0 unspecified atom stereocenters. The van der Waals surface area contributed by atoms with Crippen LogP contribution < -0.4 is 15.2 Å². The molecule has 0 bridgehead atoms. The molecular weight excluding hydrogens is 562 g/mol. The van der Waals surface area contributed by atoms with E-state index in [-0.39, 0.29) is 22.8 Å². The summed E-state index contributed by atoms with van der Waals surface area (Å²) in [7, 11) is -7.21. The lowest BCUT2D eigenvalue weighted by Crippen LogP contribution is -2.22. The number of hydrogen-bond donors (Lipinski definition) is 6. The van der Waals surface area contributed by atoms with E-state index in [0.717, 1.165) is 63.3 Å². The second kappa shape index (κ2) is 18.6. The van der Waals surface area contributed by atoms with Crippen LogP contribution in [0.3, 0.4) is 0 Å². The minimum atomic E-state index is -3.67. The van der Waals surface area contributed by atoms with Gasteiger partial charge in [-0.2, -0.15) is 0 Å². The summed E-state index contributed by atoms with van der Waals surface area (Å²) in [5, 5.41) is 35.4. The van der Waals surface area contributed by atoms with Crippen LogP contribution in [0.25, 0.3) is 0 Å². The topological polar surface area (TPSA) is 205 Å². The first-order valence-corrected chi connectivity index (χ1v) is 16.3. The highest BCUT2D eigenvalue weighted by molar-refractivity contribution is 7.92. The summed E-state index contributed by atoms with van der Waals surface area (Å²) in [6, 6.07) is 11.1. The molecule has 0 fully saturated rings. The van der Waals surface area contributed by atoms with Gasteiger partial charge in [0.2, 0.25) is 20.0 Å². The largest absolute Gasteiger partial charge is 0.506 e. The van der Waals surface area contributed by atoms with Crippen molar-refractivity contribution in [3.63, 3.8) is 0 Å². The standard InChI is InChI=1S/C25H39N3O7S2.CH2O2/c1-36(31,32)28-23-18-21(12-13-24(23)29)25(30)19-27-14-5-2-3-6-15-35-16-7-4-9-20-10-8-11-22(17-20)37(26,33)34;2-1-3/h8,10-13,17-18,25,27-30H,2-7,9,14-16,19H2,1H3,(H2,26,33,34);1H,(H,2,3)/t25-;/m0./s1. The Bertz CT molecular complexity index is 1240. The number of rotatable bonds is 18. The highest BCUT2D eigenvalue weighted by atomic mass is 32.2. The average Bonchev–Trinajstić information content (AvgIpc) is 2.87. The van der Waals surface area contributed by atoms with Crippen molar-refractivity contribution in [3.05, 3.63) is 53.6 Å². The molecule has 7 N–H and O–H groups in total. The predicted octanol–water partition coefficient (Wildman–Crippen LogP) is 2.33. The van der Waals surface area contributed by atoms with Gasteiger partial charge in [-0.1, -0.05) is 31.0 Å². The summed E-state index contributed by atoms with van der Waals surface area (Å²) in [6.45, 7) is 2.19. The third-order valence-corrected chi connectivity index (χ3v) is 7.16. The van der Waals surface area contributed by atoms with E-state index in [1.165, 1.54) is 18.2 Å². The van der Waals surface area contributed by atoms with Crippen molar-refractivity contribution in [1.29, 1.82) is 0 Å². The number of carboxylic acid groups (broad SMARTS) is 1. The maximum Gasteiger partial charge on any atom is 0.290 e. The van der Waals surface area contributed by atoms with Crippen molar-refractivity contribution < 1.29 is 41.7 Å². The molecule has 12 nitrogen and oxygen atoms in total. The molecule has 2 aromatic rings. The lowest BCUT2D eigenvalue weighted by atomic mass is 10.1. The lowest BCUT2D eigenvalue weighted by molar-refractivity contribution is -0.122. The van der Waals surface area contributed by atoms with Crippen LogP contribution in [0.4, 0.5) is 5.69 Å². The van der Waals surface area contributed by atoms with Crippen LogP contribution in [-0.4, -0.2) is 71.2 Å². The summed E-state index contributed by atoms with van der Waals surface area (Å²) < 4.78 is 53.5. The number of sulfonamides is 2. The number of anilines is 1. The van der Waals surface area contributed by atoms with Crippen LogP contribution in [0, 0.1) is 0 Å². The number of unbranched alkanes of at least 4 members (excludes halogenated alkanes) is 4. The maximum absolute atomic E-state index is 11.4. The number of aromatic hydroxyl groups is 1. The average molecular weight is 604 g/mol. The molecule has 0 spiro atoms. The highest BCUT2D eigenvalue weighted by Gasteiger charge is 2.13. The van der Waals surface area contributed by atoms with Crippen molar-refractivity contribution >= 4 is 32.2 Å². The number of aliphatic hydroxyl groups is 1. The fourth-order valence-corrected chi connectivity index (χ4v) is 4.87. The van der Waals surface area contributed by atoms with Gasteiger partial charge in [-0.3, -0.25) is 9.52 Å². The third kappa shape index (κ3) is 15.7. The summed E-state index contributed by atoms with van der Waals surface area (Å²) in [6.07, 6.45) is 6.77. The molecule has 0 aliphatic heterocycles. The van der Waals surface area contributed by atoms with Gasteiger partial charge in [0.15, 0.2) is 0 Å². The van der Waals surface area contributed by atoms with Gasteiger partial charge in [0.1, 0.15) is 5.75 Å². The number of ether oxygens (including phenoxy) is 1. The maximum atomic E-state index is 11.4. The minimum Gasteiger partial charge on any atom is -0.506 e. The number of hydrogen-bond acceptors (Lipinski definition) is 9. The van der Waals surface area contributed by atoms with Crippen LogP contribution >= 0.6 is 0 Å². The minimum absolute atomic E-state index is 0.0381. The van der Waals surface area contributed by atoms with Crippen molar-refractivity contribution in [2.75, 3.05) is 37.3 Å². The first-order chi connectivity index (χ1) is 18.9. The SMILES string of the molecule is CS(=O)(=O)Nc1cc([C@@H](O)CNCCCCCCOCCCCc2cccc(S(N)(=O)=O)c2)ccc1O.O=CO. The zero-order chi connectivity index (χ0) is 30.0. The first-order valence-electron chi connectivity index (χ1n) is 12.8. The van der Waals surface area contributed by atoms with Crippen LogP contribution in [0.15, 0.2) is 47.4 Å². The Morgan fingerprint density at radius 1 is 0.975 bits per heavy atom. The number of phenolic OH excluding ortho intramolecular Hbond substituents is 1. The number of aliphatic hydroxyl groups excluding tert-OH is 1. The third-order valence-electron chi connectivity index (χ3n) is 5.66. The van der Waals surface area contributed by atoms with Crippen molar-refractivity contribution in [2.24, 2.45) is 5.14 Å². The number of carbonyl (C=O) groups is 1. The van der Waals surface area contributed by atoms with Gasteiger partial charge >= 0.3 is 0 Å². The van der Waals surface area contributed by atoms with Gasteiger partial charge in [0.05, 0.1) is 22.9 Å². The fraction of sp³-hybridized carbons (Fsp3) is 0.500. The van der Waals surface area contributed by atoms with Gasteiger partial charge < -0.3 is 25.4 Å². The molecule has 0 aliphatic rings. The second-order valence-corrected chi connectivity index (χ2v) is 12.5. The molecule has 0 amide bonds. The molecule has 2 aromatic carbocycles. The zero-order valence-electron chi connectivity index (χ0n) is 22.7. The molecular formula is C26H41N3O9S2. The predicted molar refractivity (Wildman–Crippen MR) is 153 cm³/mol. The van der Waals surface area contributed by atoms with E-state index in [4.69, 9.17) is 19.8 Å². The Kier molecular flexibility index (Phi) is 16.4. The van der Waals surface area contributed by atoms with Crippen LogP contribution in [0.5, 0.6) is 5.75 Å². The van der Waals surface area contributed by atoms with Crippen LogP contribution in [-0.2, 0) is 36.0 Å². The molecule has 1 atom stereocenters. The summed E-state index contributed by atoms with van der Waals surface area (Å²) >= 11 is 0. The number of nitrogens with one attached hydrogen (secondary N) is 2. The Labute approximate surface area is 236 Å². The van der Waals surface area contributed by atoms with E-state index in [1.807, 2.05) is 6.07 Å². The molecule has 0 saturated carbocycles. The van der Waals surface area contributed by atoms with E-state index in [9.17, 15) is 27.0 Å². The van der Waals surface area contributed by atoms with Crippen molar-refractivity contribution in [3.8, 4) is 5.75 Å². The van der Waals surface area contributed by atoms with Gasteiger partial charge in [0, 0.05) is 19.8 Å². The molecule has 2 rings (SSSR count). The Morgan fingerprint density at radius 3 is 2.27 bits per heavy atom. The molecule has 14 heteroatoms. The van der Waals surface area contributed by atoms with E-state index >= 15 is 0 Å². The van der Waals surface area contributed by atoms with Crippen molar-refractivity contribution in [2.45, 2.75) is 55.9 Å². The molecule has 226 valence electrons. The summed E-state index contributed by atoms with van der Waals surface area (Å²) in [5.41, 5.74) is 1.49. The van der Waals surface area contributed by atoms with Gasteiger partial charge in [-0.25, -0.2) is 22.0 Å². The lowest BCUT2D eigenvalue weighted by Gasteiger charge is -2.14. The van der Waals surface area contributed by atoms with Crippen molar-refractivity contribution in [1.82, 2.24) is 5.32 Å². The number of benzene rings is 2. The van der Waals surface area contributed by atoms with Crippen LogP contribution in [0.2, 0.25) is 0 Å². The zero-order valence-corrected chi connectivity index (χ0v) is 24.3. The smallest absolute Gasteiger partial charge is 0.290 e. The number of primary sulfonamides is 1. The first kappa shape index (κ1) is 35.3. The van der Waals surface area contributed by atoms with Crippen LogP contribution in [0.1, 0.15) is 55.8 Å². The monoisotopic (exact) mass is 603 g/mol. The summed E-state index contributed by atoms with van der Waals surface area (Å²) in [5.74, 6) is -0.202. The molecule has 0 aromatic heterocycles. The molecule has 0 saturated heterocycles. The van der Waals surface area contributed by atoms with Gasteiger partial charge in [-0.15, -0.1) is 0 Å². The fourth-order valence-electron chi connectivity index (χ4n) is 3.72. The molecule has 0 radical (unpaired) electrons. The van der Waals surface area contributed by atoms with E-state index in [0.29, 0.717) is 25.3 Å². The van der Waals surface area contributed by atoms with Gasteiger partial charge in [0.25, 0.3) is 6.47 Å². The number of aryl methyl sites for hydroxylation is 1. The van der Waals surface area contributed by atoms with E-state index in [1.54, 1.807) is 18.2 Å². The second-order valence-electron chi connectivity index (χ2n) is 9.15. The number of nitrogens with two attached hydrogens (primary N) is 1. The Balaban J connectivity index is 0.00000254. The van der Waals surface area contributed by atoms with E-state index in [2.05, 4.69) is 10.0 Å². The quantitative estimate of drug-likeness (QED) is 0.0833. The van der Waals surface area contributed by atoms with Gasteiger partial charge in [-0.05, 0) is 74.0 Å². The highest BCUT2D eigenvalue weighted by Crippen LogP contribution is 2.27. The summed E-state index contributed by atoms with van der Waals surface area (Å²) in [4.78, 5) is 8.50. The normalized spacial score (nSPS) is 12.3. The van der Waals surface area contributed by atoms with E-state index < -0.39 is 26.2 Å². The Morgan fingerprint density at radius 2 is 1.62 bits per heavy atom. The molecule has 0 heterocycles. The Hall–Kier alpha value is -2.75. The molecule has 0 aliphatic carbocycles. The number of phenols is 1.